The standard InChI is InChI=1S/C14H16Cl2N2O3/c1-8(2)17(7-9-3-4-9)14(19)10-5-11(15)13(16)12(6-10)18(20)21/h5-6,8-9H,3-4,7H2,1-2H3. The highest BCUT2D eigenvalue weighted by molar-refractivity contribution is 6.43. The summed E-state index contributed by atoms with van der Waals surface area (Å²) in [6.45, 7) is 4.52. The fourth-order valence-corrected chi connectivity index (χ4v) is 2.50. The van der Waals surface area contributed by atoms with E-state index in [1.165, 1.54) is 12.1 Å². The maximum atomic E-state index is 12.6. The Morgan fingerprint density at radius 1 is 1.43 bits per heavy atom. The average molecular weight is 331 g/mol. The molecule has 1 aliphatic carbocycles. The van der Waals surface area contributed by atoms with Gasteiger partial charge in [-0.05, 0) is 38.7 Å². The largest absolute Gasteiger partial charge is 0.336 e. The summed E-state index contributed by atoms with van der Waals surface area (Å²) in [5.74, 6) is 0.285. The number of carbonyl (C=O) groups is 1. The number of nitro benzene ring substituents is 1. The van der Waals surface area contributed by atoms with Crippen LogP contribution in [0.3, 0.4) is 0 Å². The molecule has 21 heavy (non-hydrogen) atoms. The van der Waals surface area contributed by atoms with Gasteiger partial charge < -0.3 is 4.90 Å². The minimum absolute atomic E-state index is 0.0179. The Hall–Kier alpha value is -1.33. The van der Waals surface area contributed by atoms with Crippen LogP contribution in [0, 0.1) is 16.0 Å². The molecule has 0 spiro atoms. The van der Waals surface area contributed by atoms with E-state index in [9.17, 15) is 14.9 Å². The summed E-state index contributed by atoms with van der Waals surface area (Å²) in [6, 6.07) is 2.60. The third-order valence-electron chi connectivity index (χ3n) is 3.49. The number of nitro groups is 1. The van der Waals surface area contributed by atoms with E-state index >= 15 is 0 Å². The number of hydrogen-bond acceptors (Lipinski definition) is 3. The van der Waals surface area contributed by atoms with Gasteiger partial charge in [-0.15, -0.1) is 0 Å². The van der Waals surface area contributed by atoms with E-state index in [0.29, 0.717) is 12.5 Å². The number of rotatable bonds is 5. The quantitative estimate of drug-likeness (QED) is 0.601. The number of benzene rings is 1. The molecule has 1 aliphatic rings. The van der Waals surface area contributed by atoms with E-state index in [0.717, 1.165) is 12.8 Å². The highest BCUT2D eigenvalue weighted by atomic mass is 35.5. The van der Waals surface area contributed by atoms with Crippen LogP contribution in [0.5, 0.6) is 0 Å². The lowest BCUT2D eigenvalue weighted by Crippen LogP contribution is -2.38. The van der Waals surface area contributed by atoms with Crippen molar-refractivity contribution in [1.29, 1.82) is 0 Å². The van der Waals surface area contributed by atoms with Crippen LogP contribution in [0.2, 0.25) is 10.0 Å². The lowest BCUT2D eigenvalue weighted by atomic mass is 10.1. The molecule has 1 fully saturated rings. The first-order valence-corrected chi connectivity index (χ1v) is 7.51. The maximum Gasteiger partial charge on any atom is 0.290 e. The first-order chi connectivity index (χ1) is 9.81. The summed E-state index contributed by atoms with van der Waals surface area (Å²) in [5, 5.41) is 10.9. The van der Waals surface area contributed by atoms with Crippen molar-refractivity contribution in [1.82, 2.24) is 4.90 Å². The SMILES string of the molecule is CC(C)N(CC1CC1)C(=O)c1cc(Cl)c(Cl)c([N+](=O)[O-])c1. The molecular formula is C14H16Cl2N2O3. The normalized spacial score (nSPS) is 14.3. The molecule has 0 atom stereocenters. The fourth-order valence-electron chi connectivity index (χ4n) is 2.10. The van der Waals surface area contributed by atoms with Crippen molar-refractivity contribution < 1.29 is 9.72 Å². The maximum absolute atomic E-state index is 12.6. The molecule has 5 nitrogen and oxygen atoms in total. The molecule has 1 aromatic rings. The van der Waals surface area contributed by atoms with E-state index in [1.54, 1.807) is 4.90 Å². The molecule has 0 aliphatic heterocycles. The average Bonchev–Trinajstić information content (AvgIpc) is 3.21. The zero-order chi connectivity index (χ0) is 15.7. The summed E-state index contributed by atoms with van der Waals surface area (Å²) in [7, 11) is 0. The van der Waals surface area contributed by atoms with Gasteiger partial charge in [0.15, 0.2) is 0 Å². The summed E-state index contributed by atoms with van der Waals surface area (Å²) >= 11 is 11.7. The van der Waals surface area contributed by atoms with Gasteiger partial charge in [-0.25, -0.2) is 0 Å². The smallest absolute Gasteiger partial charge is 0.290 e. The number of nitrogens with zero attached hydrogens (tertiary/aromatic N) is 2. The van der Waals surface area contributed by atoms with Gasteiger partial charge in [-0.1, -0.05) is 23.2 Å². The van der Waals surface area contributed by atoms with Crippen LogP contribution in [0.15, 0.2) is 12.1 Å². The van der Waals surface area contributed by atoms with E-state index in [-0.39, 0.29) is 33.2 Å². The first kappa shape index (κ1) is 16.0. The summed E-state index contributed by atoms with van der Waals surface area (Å²) in [5.41, 5.74) is -0.145. The molecular weight excluding hydrogens is 315 g/mol. The molecule has 7 heteroatoms. The molecule has 0 heterocycles. The number of halogens is 2. The van der Waals surface area contributed by atoms with Crippen molar-refractivity contribution in [2.24, 2.45) is 5.92 Å². The van der Waals surface area contributed by atoms with Crippen LogP contribution < -0.4 is 0 Å². The second-order valence-electron chi connectivity index (χ2n) is 5.54. The van der Waals surface area contributed by atoms with Gasteiger partial charge in [0, 0.05) is 24.2 Å². The fraction of sp³-hybridized carbons (Fsp3) is 0.500. The van der Waals surface area contributed by atoms with Crippen LogP contribution in [0.25, 0.3) is 0 Å². The van der Waals surface area contributed by atoms with Gasteiger partial charge in [-0.2, -0.15) is 0 Å². The van der Waals surface area contributed by atoms with Crippen molar-refractivity contribution in [3.8, 4) is 0 Å². The molecule has 0 saturated heterocycles. The molecule has 2 rings (SSSR count). The summed E-state index contributed by atoms with van der Waals surface area (Å²) in [6.07, 6.45) is 2.25. The van der Waals surface area contributed by atoms with Gasteiger partial charge >= 0.3 is 0 Å². The van der Waals surface area contributed by atoms with Crippen LogP contribution in [0.1, 0.15) is 37.0 Å². The van der Waals surface area contributed by atoms with Gasteiger partial charge in [0.25, 0.3) is 11.6 Å². The van der Waals surface area contributed by atoms with Crippen LogP contribution in [-0.4, -0.2) is 28.3 Å². The number of amides is 1. The molecule has 1 amide bonds. The van der Waals surface area contributed by atoms with Crippen molar-refractivity contribution in [2.45, 2.75) is 32.7 Å². The zero-order valence-electron chi connectivity index (χ0n) is 11.8. The summed E-state index contributed by atoms with van der Waals surface area (Å²) < 4.78 is 0. The lowest BCUT2D eigenvalue weighted by molar-refractivity contribution is -0.384. The Morgan fingerprint density at radius 3 is 2.52 bits per heavy atom. The predicted molar refractivity (Wildman–Crippen MR) is 82.0 cm³/mol. The van der Waals surface area contributed by atoms with E-state index in [1.807, 2.05) is 13.8 Å². The lowest BCUT2D eigenvalue weighted by Gasteiger charge is -2.27. The molecule has 0 aromatic heterocycles. The Balaban J connectivity index is 2.34. The number of carbonyl (C=O) groups excluding carboxylic acids is 1. The molecule has 0 N–H and O–H groups in total. The molecule has 1 saturated carbocycles. The van der Waals surface area contributed by atoms with Gasteiger partial charge in [0.1, 0.15) is 5.02 Å². The second-order valence-corrected chi connectivity index (χ2v) is 6.33. The van der Waals surface area contributed by atoms with Gasteiger partial charge in [0.2, 0.25) is 0 Å². The molecule has 1 aromatic carbocycles. The monoisotopic (exact) mass is 330 g/mol. The Bertz CT molecular complexity index is 586. The molecule has 114 valence electrons. The Kier molecular flexibility index (Phi) is 4.74. The highest BCUT2D eigenvalue weighted by Crippen LogP contribution is 2.35. The topological polar surface area (TPSA) is 63.5 Å². The van der Waals surface area contributed by atoms with Crippen molar-refractivity contribution in [3.05, 3.63) is 37.9 Å². The minimum atomic E-state index is -0.633. The highest BCUT2D eigenvalue weighted by Gasteiger charge is 2.30. The van der Waals surface area contributed by atoms with Crippen molar-refractivity contribution in [2.75, 3.05) is 6.54 Å². The predicted octanol–water partition coefficient (Wildman–Crippen LogP) is 4.16. The molecule has 0 unspecified atom stereocenters. The second kappa shape index (κ2) is 6.20. The van der Waals surface area contributed by atoms with Crippen molar-refractivity contribution in [3.63, 3.8) is 0 Å². The molecule has 0 bridgehead atoms. The van der Waals surface area contributed by atoms with E-state index in [2.05, 4.69) is 0 Å². The van der Waals surface area contributed by atoms with E-state index in [4.69, 9.17) is 23.2 Å². The van der Waals surface area contributed by atoms with Gasteiger partial charge in [-0.3, -0.25) is 14.9 Å². The number of hydrogen-bond donors (Lipinski definition) is 0. The van der Waals surface area contributed by atoms with Crippen molar-refractivity contribution >= 4 is 34.8 Å². The van der Waals surface area contributed by atoms with Crippen LogP contribution in [-0.2, 0) is 0 Å². The third kappa shape index (κ3) is 3.66. The third-order valence-corrected chi connectivity index (χ3v) is 4.28. The summed E-state index contributed by atoms with van der Waals surface area (Å²) in [4.78, 5) is 24.7. The Labute approximate surface area is 133 Å². The zero-order valence-corrected chi connectivity index (χ0v) is 13.3. The van der Waals surface area contributed by atoms with Crippen LogP contribution >= 0.6 is 23.2 Å². The minimum Gasteiger partial charge on any atom is -0.336 e. The Morgan fingerprint density at radius 2 is 2.05 bits per heavy atom. The first-order valence-electron chi connectivity index (χ1n) is 6.75. The van der Waals surface area contributed by atoms with Crippen LogP contribution in [0.4, 0.5) is 5.69 Å². The van der Waals surface area contributed by atoms with E-state index < -0.39 is 4.92 Å². The van der Waals surface area contributed by atoms with Gasteiger partial charge in [0.05, 0.1) is 9.95 Å². The molecule has 0 radical (unpaired) electrons.